The molecule has 0 spiro atoms. The van der Waals surface area contributed by atoms with Gasteiger partial charge in [-0.1, -0.05) is 48.5 Å². The van der Waals surface area contributed by atoms with Gasteiger partial charge in [0.15, 0.2) is 5.11 Å². The van der Waals surface area contributed by atoms with Crippen molar-refractivity contribution in [1.82, 2.24) is 5.32 Å². The van der Waals surface area contributed by atoms with Crippen molar-refractivity contribution in [3.8, 4) is 5.75 Å². The second-order valence-corrected chi connectivity index (χ2v) is 9.51. The third-order valence-corrected chi connectivity index (χ3v) is 6.35. The normalized spacial score (nSPS) is 16.8. The minimum atomic E-state index is -0.236. The highest BCUT2D eigenvalue weighted by atomic mass is 32.2. The van der Waals surface area contributed by atoms with E-state index in [1.54, 1.807) is 0 Å². The number of hydrogen-bond donors (Lipinski definition) is 2. The summed E-state index contributed by atoms with van der Waals surface area (Å²) < 4.78 is 6.11. The van der Waals surface area contributed by atoms with E-state index in [9.17, 15) is 0 Å². The van der Waals surface area contributed by atoms with Crippen molar-refractivity contribution in [3.05, 3.63) is 90.0 Å². The lowest BCUT2D eigenvalue weighted by molar-refractivity contribution is 0.0697. The van der Waals surface area contributed by atoms with E-state index in [1.165, 1.54) is 10.5 Å². The van der Waals surface area contributed by atoms with Gasteiger partial charge in [0.1, 0.15) is 11.4 Å². The molecule has 0 aliphatic carbocycles. The van der Waals surface area contributed by atoms with Crippen molar-refractivity contribution in [2.45, 2.75) is 42.6 Å². The zero-order chi connectivity index (χ0) is 21.0. The van der Waals surface area contributed by atoms with Crippen LogP contribution >= 0.6 is 24.0 Å². The number of thiocarbonyl (C=S) groups is 1. The quantitative estimate of drug-likeness (QED) is 0.351. The maximum atomic E-state index is 6.11. The Balaban J connectivity index is 1.35. The van der Waals surface area contributed by atoms with E-state index in [2.05, 4.69) is 79.1 Å². The fourth-order valence-electron chi connectivity index (χ4n) is 3.62. The molecule has 0 saturated carbocycles. The molecule has 0 unspecified atom stereocenters. The first kappa shape index (κ1) is 20.8. The van der Waals surface area contributed by atoms with E-state index in [4.69, 9.17) is 17.0 Å². The highest BCUT2D eigenvalue weighted by molar-refractivity contribution is 7.98. The highest BCUT2D eigenvalue weighted by Crippen LogP contribution is 2.39. The summed E-state index contributed by atoms with van der Waals surface area (Å²) in [7, 11) is 0. The van der Waals surface area contributed by atoms with Gasteiger partial charge in [0.2, 0.25) is 0 Å². The molecule has 30 heavy (non-hydrogen) atoms. The molecule has 3 aromatic rings. The maximum absolute atomic E-state index is 6.11. The minimum Gasteiger partial charge on any atom is -0.487 e. The average Bonchev–Trinajstić information content (AvgIpc) is 2.73. The molecule has 0 amide bonds. The molecule has 0 bridgehead atoms. The van der Waals surface area contributed by atoms with Crippen molar-refractivity contribution in [3.63, 3.8) is 0 Å². The number of para-hydroxylation sites is 1. The topological polar surface area (TPSA) is 33.3 Å². The molecule has 1 aliphatic heterocycles. The Hall–Kier alpha value is -2.50. The Morgan fingerprint density at radius 2 is 1.70 bits per heavy atom. The van der Waals surface area contributed by atoms with Crippen LogP contribution in [0.3, 0.4) is 0 Å². The molecule has 1 heterocycles. The summed E-state index contributed by atoms with van der Waals surface area (Å²) >= 11 is 7.44. The summed E-state index contributed by atoms with van der Waals surface area (Å²) in [5, 5.41) is 7.42. The number of nitrogens with one attached hydrogen (secondary N) is 2. The Kier molecular flexibility index (Phi) is 6.30. The van der Waals surface area contributed by atoms with Gasteiger partial charge in [-0.15, -0.1) is 11.8 Å². The molecular weight excluding hydrogens is 408 g/mol. The number of fused-ring (bicyclic) bond motifs is 1. The van der Waals surface area contributed by atoms with Crippen LogP contribution in [0.5, 0.6) is 5.75 Å². The first-order chi connectivity index (χ1) is 14.5. The summed E-state index contributed by atoms with van der Waals surface area (Å²) in [6, 6.07) is 27.2. The third-order valence-electron chi connectivity index (χ3n) is 5.04. The Morgan fingerprint density at radius 3 is 2.47 bits per heavy atom. The van der Waals surface area contributed by atoms with Crippen LogP contribution in [0.15, 0.2) is 83.8 Å². The van der Waals surface area contributed by atoms with E-state index in [0.29, 0.717) is 5.11 Å². The van der Waals surface area contributed by atoms with Gasteiger partial charge < -0.3 is 15.4 Å². The van der Waals surface area contributed by atoms with Gasteiger partial charge in [0.25, 0.3) is 0 Å². The summed E-state index contributed by atoms with van der Waals surface area (Å²) in [6.45, 7) is 4.22. The third kappa shape index (κ3) is 5.35. The number of anilines is 1. The Labute approximate surface area is 188 Å². The number of benzene rings is 3. The van der Waals surface area contributed by atoms with Crippen LogP contribution < -0.4 is 15.4 Å². The fraction of sp³-hybridized carbons (Fsp3) is 0.240. The Morgan fingerprint density at radius 1 is 1.00 bits per heavy atom. The summed E-state index contributed by atoms with van der Waals surface area (Å²) in [5.41, 5.74) is 3.18. The average molecular weight is 435 g/mol. The van der Waals surface area contributed by atoms with Crippen molar-refractivity contribution in [2.75, 3.05) is 5.32 Å². The van der Waals surface area contributed by atoms with E-state index >= 15 is 0 Å². The lowest BCUT2D eigenvalue weighted by atomic mass is 9.90. The van der Waals surface area contributed by atoms with Crippen molar-refractivity contribution in [2.24, 2.45) is 0 Å². The molecule has 5 heteroatoms. The van der Waals surface area contributed by atoms with Crippen LogP contribution in [0.4, 0.5) is 5.69 Å². The largest absolute Gasteiger partial charge is 0.487 e. The first-order valence-corrected chi connectivity index (χ1v) is 11.5. The predicted molar refractivity (Wildman–Crippen MR) is 130 cm³/mol. The molecule has 2 N–H and O–H groups in total. The van der Waals surface area contributed by atoms with Gasteiger partial charge in [-0.2, -0.15) is 0 Å². The molecule has 1 aliphatic rings. The van der Waals surface area contributed by atoms with Crippen LogP contribution in [0, 0.1) is 0 Å². The van der Waals surface area contributed by atoms with E-state index < -0.39 is 0 Å². The molecular formula is C25H26N2OS2. The molecule has 4 rings (SSSR count). The monoisotopic (exact) mass is 434 g/mol. The summed E-state index contributed by atoms with van der Waals surface area (Å²) in [6.07, 6.45) is 0.849. The van der Waals surface area contributed by atoms with Crippen molar-refractivity contribution in [1.29, 1.82) is 0 Å². The lowest BCUT2D eigenvalue weighted by Crippen LogP contribution is -2.42. The van der Waals surface area contributed by atoms with Gasteiger partial charge in [-0.3, -0.25) is 0 Å². The molecule has 1 atom stereocenters. The molecule has 0 saturated heterocycles. The molecule has 0 aromatic heterocycles. The molecule has 3 aromatic carbocycles. The molecule has 0 fully saturated rings. The van der Waals surface area contributed by atoms with Crippen LogP contribution in [0.25, 0.3) is 0 Å². The minimum absolute atomic E-state index is 0.117. The second-order valence-electron chi connectivity index (χ2n) is 8.05. The van der Waals surface area contributed by atoms with Gasteiger partial charge in [0, 0.05) is 28.3 Å². The molecule has 154 valence electrons. The van der Waals surface area contributed by atoms with Gasteiger partial charge >= 0.3 is 0 Å². The van der Waals surface area contributed by atoms with Crippen LogP contribution in [0.2, 0.25) is 0 Å². The van der Waals surface area contributed by atoms with Crippen LogP contribution in [-0.4, -0.2) is 10.7 Å². The smallest absolute Gasteiger partial charge is 0.171 e. The second kappa shape index (κ2) is 9.11. The molecule has 0 radical (unpaired) electrons. The van der Waals surface area contributed by atoms with Gasteiger partial charge in [-0.25, -0.2) is 0 Å². The maximum Gasteiger partial charge on any atom is 0.171 e. The van der Waals surface area contributed by atoms with Crippen molar-refractivity contribution < 1.29 is 4.74 Å². The van der Waals surface area contributed by atoms with Crippen LogP contribution in [0.1, 0.15) is 37.4 Å². The lowest BCUT2D eigenvalue weighted by Gasteiger charge is -2.38. The standard InChI is InChI=1S/C25H26N2OS2/c1-25(2)16-22(21-10-6-7-11-23(21)28-25)27-24(29)26-19-14-12-18(13-15-19)17-30-20-8-4-3-5-9-20/h3-15,22H,16-17H2,1-2H3,(H2,26,27,29)/t22-/m0/s1. The summed E-state index contributed by atoms with van der Waals surface area (Å²) in [4.78, 5) is 1.28. The number of hydrogen-bond acceptors (Lipinski definition) is 3. The van der Waals surface area contributed by atoms with E-state index in [-0.39, 0.29) is 11.6 Å². The van der Waals surface area contributed by atoms with E-state index in [1.807, 2.05) is 36.0 Å². The predicted octanol–water partition coefficient (Wildman–Crippen LogP) is 6.57. The molecule has 3 nitrogen and oxygen atoms in total. The SMILES string of the molecule is CC1(C)C[C@H](NC(=S)Nc2ccc(CSc3ccccc3)cc2)c2ccccc2O1. The number of rotatable bonds is 5. The fourth-order valence-corrected chi connectivity index (χ4v) is 4.76. The van der Waals surface area contributed by atoms with Gasteiger partial charge in [-0.05, 0) is 62.0 Å². The number of ether oxygens (including phenoxy) is 1. The highest BCUT2D eigenvalue weighted by Gasteiger charge is 2.33. The Bertz CT molecular complexity index is 1000. The van der Waals surface area contributed by atoms with Crippen LogP contribution in [-0.2, 0) is 5.75 Å². The number of thioether (sulfide) groups is 1. The van der Waals surface area contributed by atoms with Crippen molar-refractivity contribution >= 4 is 34.8 Å². The zero-order valence-electron chi connectivity index (χ0n) is 17.2. The first-order valence-electron chi connectivity index (χ1n) is 10.1. The summed E-state index contributed by atoms with van der Waals surface area (Å²) in [5.74, 6) is 1.87. The van der Waals surface area contributed by atoms with E-state index in [0.717, 1.165) is 29.2 Å². The van der Waals surface area contributed by atoms with Gasteiger partial charge in [0.05, 0.1) is 6.04 Å². The zero-order valence-corrected chi connectivity index (χ0v) is 18.9.